The SMILES string of the molecule is COC(=O)c1cc(Br)c(=O)n(-c2cccnc2)c1. The van der Waals surface area contributed by atoms with Crippen molar-refractivity contribution >= 4 is 21.9 Å². The van der Waals surface area contributed by atoms with E-state index < -0.39 is 5.97 Å². The molecule has 0 radical (unpaired) electrons. The number of rotatable bonds is 2. The minimum atomic E-state index is -0.506. The summed E-state index contributed by atoms with van der Waals surface area (Å²) in [5.74, 6) is -0.506. The van der Waals surface area contributed by atoms with Crippen LogP contribution in [-0.2, 0) is 4.74 Å². The number of carbonyl (C=O) groups excluding carboxylic acids is 1. The molecule has 0 spiro atoms. The summed E-state index contributed by atoms with van der Waals surface area (Å²) in [6, 6.07) is 4.86. The van der Waals surface area contributed by atoms with E-state index in [1.165, 1.54) is 30.1 Å². The second kappa shape index (κ2) is 5.14. The number of hydrogen-bond acceptors (Lipinski definition) is 4. The van der Waals surface area contributed by atoms with E-state index in [0.717, 1.165) is 0 Å². The lowest BCUT2D eigenvalue weighted by atomic mass is 10.2. The normalized spacial score (nSPS) is 10.1. The predicted octanol–water partition coefficient (Wildman–Crippen LogP) is 1.78. The molecule has 0 aliphatic heterocycles. The Labute approximate surface area is 111 Å². The van der Waals surface area contributed by atoms with Gasteiger partial charge in [0.25, 0.3) is 5.56 Å². The van der Waals surface area contributed by atoms with E-state index in [1.807, 2.05) is 0 Å². The third kappa shape index (κ3) is 2.33. The topological polar surface area (TPSA) is 61.2 Å². The summed E-state index contributed by atoms with van der Waals surface area (Å²) in [4.78, 5) is 27.4. The van der Waals surface area contributed by atoms with Crippen molar-refractivity contribution in [2.24, 2.45) is 0 Å². The molecule has 0 saturated carbocycles. The van der Waals surface area contributed by atoms with Gasteiger partial charge in [-0.25, -0.2) is 4.79 Å². The van der Waals surface area contributed by atoms with E-state index in [2.05, 4.69) is 25.7 Å². The quantitative estimate of drug-likeness (QED) is 0.793. The largest absolute Gasteiger partial charge is 0.465 e. The number of halogens is 1. The highest BCUT2D eigenvalue weighted by molar-refractivity contribution is 9.10. The fourth-order valence-electron chi connectivity index (χ4n) is 1.47. The van der Waals surface area contributed by atoms with Crippen LogP contribution in [0.4, 0.5) is 0 Å². The highest BCUT2D eigenvalue weighted by Gasteiger charge is 2.12. The van der Waals surface area contributed by atoms with E-state index in [-0.39, 0.29) is 15.6 Å². The maximum absolute atomic E-state index is 12.0. The van der Waals surface area contributed by atoms with E-state index in [1.54, 1.807) is 18.3 Å². The summed E-state index contributed by atoms with van der Waals surface area (Å²) in [6.45, 7) is 0. The molecule has 2 rings (SSSR count). The number of methoxy groups -OCH3 is 1. The molecule has 0 fully saturated rings. The second-order valence-corrected chi connectivity index (χ2v) is 4.31. The van der Waals surface area contributed by atoms with Crippen LogP contribution >= 0.6 is 15.9 Å². The molecule has 0 aliphatic carbocycles. The number of hydrogen-bond donors (Lipinski definition) is 0. The summed E-state index contributed by atoms with van der Waals surface area (Å²) in [7, 11) is 1.29. The first kappa shape index (κ1) is 12.5. The third-order valence-corrected chi connectivity index (χ3v) is 2.89. The molecule has 5 nitrogen and oxygen atoms in total. The molecule has 0 aliphatic rings. The Balaban J connectivity index is 2.64. The minimum absolute atomic E-state index is 0.268. The van der Waals surface area contributed by atoms with Gasteiger partial charge < -0.3 is 4.74 Å². The Kier molecular flexibility index (Phi) is 3.57. The van der Waals surface area contributed by atoms with Gasteiger partial charge >= 0.3 is 5.97 Å². The average molecular weight is 309 g/mol. The molecule has 2 heterocycles. The summed E-state index contributed by atoms with van der Waals surface area (Å²) < 4.78 is 6.25. The minimum Gasteiger partial charge on any atom is -0.465 e. The fourth-order valence-corrected chi connectivity index (χ4v) is 1.90. The molecular formula is C12H9BrN2O3. The molecule has 6 heteroatoms. The molecular weight excluding hydrogens is 300 g/mol. The van der Waals surface area contributed by atoms with E-state index >= 15 is 0 Å². The number of carbonyl (C=O) groups is 1. The van der Waals surface area contributed by atoms with Gasteiger partial charge in [0.2, 0.25) is 0 Å². The standard InChI is InChI=1S/C12H9BrN2O3/c1-18-12(17)8-5-10(13)11(16)15(7-8)9-3-2-4-14-6-9/h2-7H,1H3. The second-order valence-electron chi connectivity index (χ2n) is 3.45. The Bertz CT molecular complexity index is 638. The molecule has 0 saturated heterocycles. The number of aromatic nitrogens is 2. The zero-order chi connectivity index (χ0) is 13.1. The van der Waals surface area contributed by atoms with Crippen molar-refractivity contribution in [3.05, 3.63) is 57.2 Å². The van der Waals surface area contributed by atoms with Crippen molar-refractivity contribution in [2.75, 3.05) is 7.11 Å². The van der Waals surface area contributed by atoms with Crippen LogP contribution in [-0.4, -0.2) is 22.6 Å². The summed E-state index contributed by atoms with van der Waals surface area (Å²) >= 11 is 3.13. The highest BCUT2D eigenvalue weighted by Crippen LogP contribution is 2.11. The zero-order valence-electron chi connectivity index (χ0n) is 9.46. The van der Waals surface area contributed by atoms with Crippen LogP contribution in [0, 0.1) is 0 Å². The van der Waals surface area contributed by atoms with Crippen LogP contribution < -0.4 is 5.56 Å². The fraction of sp³-hybridized carbons (Fsp3) is 0.0833. The first-order chi connectivity index (χ1) is 8.63. The van der Waals surface area contributed by atoms with E-state index in [9.17, 15) is 9.59 Å². The molecule has 2 aromatic heterocycles. The van der Waals surface area contributed by atoms with Crippen LogP contribution in [0.25, 0.3) is 5.69 Å². The summed E-state index contributed by atoms with van der Waals surface area (Å²) in [5, 5.41) is 0. The van der Waals surface area contributed by atoms with Crippen molar-refractivity contribution in [1.82, 2.24) is 9.55 Å². The van der Waals surface area contributed by atoms with Crippen molar-refractivity contribution in [3.63, 3.8) is 0 Å². The molecule has 0 aromatic carbocycles. The van der Waals surface area contributed by atoms with Gasteiger partial charge in [-0.15, -0.1) is 0 Å². The predicted molar refractivity (Wildman–Crippen MR) is 68.9 cm³/mol. The molecule has 0 bridgehead atoms. The lowest BCUT2D eigenvalue weighted by Gasteiger charge is -2.08. The highest BCUT2D eigenvalue weighted by atomic mass is 79.9. The number of pyridine rings is 2. The van der Waals surface area contributed by atoms with Gasteiger partial charge in [0.1, 0.15) is 0 Å². The number of ether oxygens (including phenoxy) is 1. The third-order valence-electron chi connectivity index (χ3n) is 2.32. The number of esters is 1. The van der Waals surface area contributed by atoms with Crippen molar-refractivity contribution < 1.29 is 9.53 Å². The first-order valence-corrected chi connectivity index (χ1v) is 5.83. The first-order valence-electron chi connectivity index (χ1n) is 5.04. The Morgan fingerprint density at radius 2 is 2.28 bits per heavy atom. The van der Waals surface area contributed by atoms with Crippen LogP contribution in [0.3, 0.4) is 0 Å². The maximum atomic E-state index is 12.0. The van der Waals surface area contributed by atoms with Crippen molar-refractivity contribution in [1.29, 1.82) is 0 Å². The monoisotopic (exact) mass is 308 g/mol. The summed E-state index contributed by atoms with van der Waals surface area (Å²) in [5.41, 5.74) is 0.595. The van der Waals surface area contributed by atoms with E-state index in [0.29, 0.717) is 5.69 Å². The number of nitrogens with zero attached hydrogens (tertiary/aromatic N) is 2. The lowest BCUT2D eigenvalue weighted by Crippen LogP contribution is -2.20. The zero-order valence-corrected chi connectivity index (χ0v) is 11.0. The van der Waals surface area contributed by atoms with Crippen LogP contribution in [0.1, 0.15) is 10.4 Å². The summed E-state index contributed by atoms with van der Waals surface area (Å²) in [6.07, 6.45) is 4.57. The van der Waals surface area contributed by atoms with Gasteiger partial charge in [-0.05, 0) is 34.1 Å². The molecule has 0 unspecified atom stereocenters. The van der Waals surface area contributed by atoms with Gasteiger partial charge in [-0.3, -0.25) is 14.3 Å². The molecule has 18 heavy (non-hydrogen) atoms. The average Bonchev–Trinajstić information content (AvgIpc) is 2.41. The molecule has 0 amide bonds. The molecule has 2 aromatic rings. The van der Waals surface area contributed by atoms with Crippen LogP contribution in [0.2, 0.25) is 0 Å². The smallest absolute Gasteiger partial charge is 0.339 e. The van der Waals surface area contributed by atoms with Gasteiger partial charge in [0, 0.05) is 12.4 Å². The van der Waals surface area contributed by atoms with Gasteiger partial charge in [0.15, 0.2) is 0 Å². The Morgan fingerprint density at radius 1 is 1.50 bits per heavy atom. The molecule has 0 atom stereocenters. The van der Waals surface area contributed by atoms with Gasteiger partial charge in [0.05, 0.1) is 29.0 Å². The van der Waals surface area contributed by atoms with Crippen molar-refractivity contribution in [3.8, 4) is 5.69 Å². The Hall–Kier alpha value is -1.95. The van der Waals surface area contributed by atoms with Crippen LogP contribution in [0.5, 0.6) is 0 Å². The molecule has 92 valence electrons. The van der Waals surface area contributed by atoms with Gasteiger partial charge in [-0.2, -0.15) is 0 Å². The maximum Gasteiger partial charge on any atom is 0.339 e. The lowest BCUT2D eigenvalue weighted by molar-refractivity contribution is 0.0600. The van der Waals surface area contributed by atoms with Crippen molar-refractivity contribution in [2.45, 2.75) is 0 Å². The van der Waals surface area contributed by atoms with E-state index in [4.69, 9.17) is 0 Å². The molecule has 0 N–H and O–H groups in total. The van der Waals surface area contributed by atoms with Gasteiger partial charge in [-0.1, -0.05) is 0 Å². The Morgan fingerprint density at radius 3 is 2.89 bits per heavy atom. The van der Waals surface area contributed by atoms with Crippen LogP contribution in [0.15, 0.2) is 46.1 Å².